The van der Waals surface area contributed by atoms with Crippen molar-refractivity contribution in [2.75, 3.05) is 5.32 Å². The third-order valence-electron chi connectivity index (χ3n) is 3.81. The fourth-order valence-corrected chi connectivity index (χ4v) is 3.32. The number of thiazole rings is 1. The van der Waals surface area contributed by atoms with Crippen LogP contribution in [0, 0.1) is 11.3 Å². The number of anilines is 1. The van der Waals surface area contributed by atoms with E-state index in [1.54, 1.807) is 20.8 Å². The van der Waals surface area contributed by atoms with Crippen molar-refractivity contribution in [1.82, 2.24) is 15.4 Å². The molecule has 28 heavy (non-hydrogen) atoms. The molecule has 1 aromatic heterocycles. The summed E-state index contributed by atoms with van der Waals surface area (Å²) in [4.78, 5) is 40.9. The zero-order chi connectivity index (χ0) is 21.6. The molecule has 2 atom stereocenters. The summed E-state index contributed by atoms with van der Waals surface area (Å²) in [5, 5.41) is 24.8. The third-order valence-corrected chi connectivity index (χ3v) is 5.20. The molecule has 0 bridgehead atoms. The van der Waals surface area contributed by atoms with Gasteiger partial charge in [-0.2, -0.15) is 0 Å². The minimum absolute atomic E-state index is 0.114. The zero-order valence-electron chi connectivity index (χ0n) is 16.5. The normalized spacial score (nSPS) is 13.8. The molecular weight excluding hydrogens is 452 g/mol. The van der Waals surface area contributed by atoms with E-state index in [4.69, 9.17) is 0 Å². The van der Waals surface area contributed by atoms with E-state index in [1.165, 1.54) is 17.5 Å². The minimum Gasteiger partial charge on any atom is -0.383 e. The Kier molecular flexibility index (Phi) is 8.99. The lowest BCUT2D eigenvalue weighted by Gasteiger charge is -2.31. The van der Waals surface area contributed by atoms with Crippen LogP contribution >= 0.6 is 27.3 Å². The molecule has 0 aliphatic rings. The highest BCUT2D eigenvalue weighted by Gasteiger charge is 2.36. The SMILES string of the molecule is CC(C)CC[C@H](O)C(=O)N(O)C(=O)NC(C(=O)Nc1ncc(Br)s1)C(C)(C)C. The highest BCUT2D eigenvalue weighted by atomic mass is 79.9. The fourth-order valence-electron chi connectivity index (χ4n) is 2.21. The topological polar surface area (TPSA) is 132 Å². The minimum atomic E-state index is -1.51. The fraction of sp³-hybridized carbons (Fsp3) is 0.647. The number of halogens is 1. The van der Waals surface area contributed by atoms with Crippen molar-refractivity contribution in [3.8, 4) is 0 Å². The molecule has 11 heteroatoms. The maximum Gasteiger partial charge on any atom is 0.349 e. The molecule has 0 spiro atoms. The first-order chi connectivity index (χ1) is 12.8. The molecule has 1 aromatic rings. The molecule has 0 saturated heterocycles. The van der Waals surface area contributed by atoms with Crippen LogP contribution in [-0.4, -0.2) is 50.4 Å². The van der Waals surface area contributed by atoms with Crippen LogP contribution in [0.5, 0.6) is 0 Å². The smallest absolute Gasteiger partial charge is 0.349 e. The van der Waals surface area contributed by atoms with Gasteiger partial charge in [0.25, 0.3) is 5.91 Å². The van der Waals surface area contributed by atoms with Crippen molar-refractivity contribution in [2.24, 2.45) is 11.3 Å². The van der Waals surface area contributed by atoms with Gasteiger partial charge in [0.05, 0.1) is 9.98 Å². The second-order valence-corrected chi connectivity index (χ2v) is 10.3. The van der Waals surface area contributed by atoms with Crippen LogP contribution < -0.4 is 10.6 Å². The van der Waals surface area contributed by atoms with Crippen molar-refractivity contribution in [2.45, 2.75) is 59.6 Å². The lowest BCUT2D eigenvalue weighted by atomic mass is 9.86. The van der Waals surface area contributed by atoms with E-state index < -0.39 is 35.4 Å². The van der Waals surface area contributed by atoms with Crippen LogP contribution in [0.4, 0.5) is 9.93 Å². The summed E-state index contributed by atoms with van der Waals surface area (Å²) >= 11 is 4.44. The lowest BCUT2D eigenvalue weighted by Crippen LogP contribution is -2.56. The summed E-state index contributed by atoms with van der Waals surface area (Å²) in [6.07, 6.45) is 0.687. The molecule has 9 nitrogen and oxygen atoms in total. The Hall–Kier alpha value is -1.56. The average molecular weight is 479 g/mol. The molecule has 0 saturated carbocycles. The Balaban J connectivity index is 2.80. The Bertz CT molecular complexity index is 704. The number of nitrogens with one attached hydrogen (secondary N) is 2. The molecule has 1 rings (SSSR count). The molecule has 0 aromatic carbocycles. The maximum absolute atomic E-state index is 12.6. The maximum atomic E-state index is 12.6. The number of aliphatic hydroxyl groups is 1. The summed E-state index contributed by atoms with van der Waals surface area (Å²) in [6, 6.07) is -2.26. The zero-order valence-corrected chi connectivity index (χ0v) is 18.9. The summed E-state index contributed by atoms with van der Waals surface area (Å²) in [7, 11) is 0. The van der Waals surface area contributed by atoms with E-state index in [1.807, 2.05) is 13.8 Å². The van der Waals surface area contributed by atoms with Gasteiger partial charge in [-0.15, -0.1) is 5.06 Å². The first-order valence-electron chi connectivity index (χ1n) is 8.76. The molecule has 0 aliphatic heterocycles. The molecule has 4 N–H and O–H groups in total. The predicted molar refractivity (Wildman–Crippen MR) is 109 cm³/mol. The van der Waals surface area contributed by atoms with Gasteiger partial charge in [-0.05, 0) is 40.1 Å². The van der Waals surface area contributed by atoms with E-state index in [2.05, 4.69) is 31.5 Å². The largest absolute Gasteiger partial charge is 0.383 e. The van der Waals surface area contributed by atoms with Crippen molar-refractivity contribution < 1.29 is 24.7 Å². The van der Waals surface area contributed by atoms with Gasteiger partial charge in [-0.3, -0.25) is 14.8 Å². The van der Waals surface area contributed by atoms with Gasteiger partial charge >= 0.3 is 6.03 Å². The molecule has 1 unspecified atom stereocenters. The van der Waals surface area contributed by atoms with E-state index in [0.717, 1.165) is 3.79 Å². The van der Waals surface area contributed by atoms with Gasteiger partial charge in [-0.1, -0.05) is 46.0 Å². The number of aliphatic hydroxyl groups excluding tert-OH is 1. The second-order valence-electron chi connectivity index (χ2n) is 7.84. The van der Waals surface area contributed by atoms with Crippen LogP contribution in [0.15, 0.2) is 9.98 Å². The molecule has 158 valence electrons. The number of hydroxylamine groups is 2. The summed E-state index contributed by atoms with van der Waals surface area (Å²) in [5.74, 6) is -1.44. The summed E-state index contributed by atoms with van der Waals surface area (Å²) in [6.45, 7) is 9.01. The average Bonchev–Trinajstić information content (AvgIpc) is 2.99. The Morgan fingerprint density at radius 2 is 1.89 bits per heavy atom. The Morgan fingerprint density at radius 1 is 1.29 bits per heavy atom. The second kappa shape index (κ2) is 10.3. The van der Waals surface area contributed by atoms with Crippen LogP contribution in [0.2, 0.25) is 0 Å². The number of rotatable bonds is 7. The predicted octanol–water partition coefficient (Wildman–Crippen LogP) is 2.98. The first kappa shape index (κ1) is 24.5. The van der Waals surface area contributed by atoms with Crippen molar-refractivity contribution in [3.63, 3.8) is 0 Å². The van der Waals surface area contributed by atoms with E-state index >= 15 is 0 Å². The van der Waals surface area contributed by atoms with Gasteiger partial charge in [0.1, 0.15) is 12.1 Å². The van der Waals surface area contributed by atoms with E-state index in [-0.39, 0.29) is 17.4 Å². The van der Waals surface area contributed by atoms with E-state index in [0.29, 0.717) is 11.6 Å². The van der Waals surface area contributed by atoms with Gasteiger partial charge in [0, 0.05) is 0 Å². The highest BCUT2D eigenvalue weighted by Crippen LogP contribution is 2.25. The van der Waals surface area contributed by atoms with Gasteiger partial charge in [0.2, 0.25) is 5.91 Å². The van der Waals surface area contributed by atoms with Crippen LogP contribution in [0.25, 0.3) is 0 Å². The van der Waals surface area contributed by atoms with Crippen LogP contribution in [-0.2, 0) is 9.59 Å². The summed E-state index contributed by atoms with van der Waals surface area (Å²) in [5.41, 5.74) is -0.728. The summed E-state index contributed by atoms with van der Waals surface area (Å²) < 4.78 is 0.724. The quantitative estimate of drug-likeness (QED) is 0.351. The Morgan fingerprint density at radius 3 is 2.36 bits per heavy atom. The van der Waals surface area contributed by atoms with Crippen LogP contribution in [0.1, 0.15) is 47.5 Å². The number of nitrogens with zero attached hydrogens (tertiary/aromatic N) is 2. The van der Waals surface area contributed by atoms with Gasteiger partial charge < -0.3 is 15.7 Å². The van der Waals surface area contributed by atoms with Crippen molar-refractivity contribution >= 4 is 50.2 Å². The number of imide groups is 1. The van der Waals surface area contributed by atoms with Gasteiger partial charge in [-0.25, -0.2) is 9.78 Å². The highest BCUT2D eigenvalue weighted by molar-refractivity contribution is 9.11. The lowest BCUT2D eigenvalue weighted by molar-refractivity contribution is -0.163. The standard InChI is InChI=1S/C17H27BrN4O5S/c1-9(2)6-7-10(23)14(25)22(27)16(26)20-12(17(3,4)5)13(24)21-15-19-8-11(18)28-15/h8-10,12,23,27H,6-7H2,1-5H3,(H,20,26)(H,19,21,24)/t10-,12?/m0/s1. The molecule has 1 heterocycles. The molecule has 0 fully saturated rings. The van der Waals surface area contributed by atoms with Crippen molar-refractivity contribution in [3.05, 3.63) is 9.98 Å². The third kappa shape index (κ3) is 7.46. The van der Waals surface area contributed by atoms with Crippen molar-refractivity contribution in [1.29, 1.82) is 0 Å². The number of carbonyl (C=O) groups excluding carboxylic acids is 3. The molecule has 4 amide bonds. The number of hydrogen-bond donors (Lipinski definition) is 4. The number of carbonyl (C=O) groups is 3. The van der Waals surface area contributed by atoms with E-state index in [9.17, 15) is 24.7 Å². The first-order valence-corrected chi connectivity index (χ1v) is 10.4. The molecule has 0 aliphatic carbocycles. The monoisotopic (exact) mass is 478 g/mol. The number of amides is 4. The van der Waals surface area contributed by atoms with Gasteiger partial charge in [0.15, 0.2) is 5.13 Å². The van der Waals surface area contributed by atoms with Crippen LogP contribution in [0.3, 0.4) is 0 Å². The number of hydrogen-bond acceptors (Lipinski definition) is 7. The molecular formula is C17H27BrN4O5S. The number of urea groups is 1. The number of aromatic nitrogens is 1. The molecule has 0 radical (unpaired) electrons. The Labute approximate surface area is 176 Å².